The van der Waals surface area contributed by atoms with Crippen molar-refractivity contribution < 1.29 is 4.79 Å². The number of hydrogen-bond donors (Lipinski definition) is 2. The first-order chi connectivity index (χ1) is 5.24. The van der Waals surface area contributed by atoms with E-state index in [1.807, 2.05) is 6.92 Å². The first kappa shape index (κ1) is 8.06. The molecule has 0 aliphatic rings. The van der Waals surface area contributed by atoms with Crippen LogP contribution in [0.15, 0.2) is 5.16 Å². The van der Waals surface area contributed by atoms with Crippen molar-refractivity contribution in [3.8, 4) is 0 Å². The van der Waals surface area contributed by atoms with E-state index in [2.05, 4.69) is 15.2 Å². The fourth-order valence-corrected chi connectivity index (χ4v) is 1.07. The van der Waals surface area contributed by atoms with Crippen molar-refractivity contribution in [3.63, 3.8) is 0 Å². The summed E-state index contributed by atoms with van der Waals surface area (Å²) in [6, 6.07) is 0. The molecule has 6 heteroatoms. The summed E-state index contributed by atoms with van der Waals surface area (Å²) in [5, 5.41) is 6.74. The van der Waals surface area contributed by atoms with E-state index < -0.39 is 5.91 Å². The zero-order valence-corrected chi connectivity index (χ0v) is 6.81. The number of amides is 1. The Labute approximate surface area is 67.8 Å². The van der Waals surface area contributed by atoms with Gasteiger partial charge in [-0.2, -0.15) is 4.98 Å². The minimum Gasteiger partial charge on any atom is -0.363 e. The third kappa shape index (κ3) is 1.94. The Morgan fingerprint density at radius 2 is 2.55 bits per heavy atom. The Hall–Kier alpha value is -1.04. The van der Waals surface area contributed by atoms with Crippen LogP contribution in [0.2, 0.25) is 0 Å². The van der Waals surface area contributed by atoms with E-state index in [1.54, 1.807) is 0 Å². The Morgan fingerprint density at radius 3 is 3.00 bits per heavy atom. The fourth-order valence-electron chi connectivity index (χ4n) is 0.550. The number of hydrogen-bond acceptors (Lipinski definition) is 4. The highest BCUT2D eigenvalue weighted by Gasteiger charge is 2.06. The zero-order chi connectivity index (χ0) is 8.27. The van der Waals surface area contributed by atoms with Gasteiger partial charge in [-0.1, -0.05) is 18.7 Å². The summed E-state index contributed by atoms with van der Waals surface area (Å²) in [6.45, 7) is 1.98. The number of thioether (sulfide) groups is 1. The summed E-state index contributed by atoms with van der Waals surface area (Å²) in [6.07, 6.45) is 0. The lowest BCUT2D eigenvalue weighted by molar-refractivity contribution is 0.0990. The second-order valence-electron chi connectivity index (χ2n) is 1.76. The van der Waals surface area contributed by atoms with Crippen LogP contribution in [0.1, 0.15) is 17.5 Å². The van der Waals surface area contributed by atoms with E-state index in [0.29, 0.717) is 5.16 Å². The van der Waals surface area contributed by atoms with Gasteiger partial charge in [0, 0.05) is 0 Å². The van der Waals surface area contributed by atoms with Crippen LogP contribution < -0.4 is 5.73 Å². The molecule has 0 unspecified atom stereocenters. The molecule has 1 aromatic rings. The van der Waals surface area contributed by atoms with E-state index in [4.69, 9.17) is 5.73 Å². The molecule has 60 valence electrons. The molecule has 0 aliphatic carbocycles. The third-order valence-corrected chi connectivity index (χ3v) is 1.70. The average molecular weight is 172 g/mol. The molecule has 11 heavy (non-hydrogen) atoms. The summed E-state index contributed by atoms with van der Waals surface area (Å²) < 4.78 is 0. The van der Waals surface area contributed by atoms with E-state index in [9.17, 15) is 4.79 Å². The molecule has 0 atom stereocenters. The number of aromatic amines is 1. The van der Waals surface area contributed by atoms with E-state index >= 15 is 0 Å². The van der Waals surface area contributed by atoms with Crippen molar-refractivity contribution in [2.75, 3.05) is 5.75 Å². The van der Waals surface area contributed by atoms with Crippen LogP contribution in [0.5, 0.6) is 0 Å². The number of carbonyl (C=O) groups excluding carboxylic acids is 1. The molecule has 0 bridgehead atoms. The van der Waals surface area contributed by atoms with Gasteiger partial charge in [0.05, 0.1) is 0 Å². The quantitative estimate of drug-likeness (QED) is 0.629. The van der Waals surface area contributed by atoms with Gasteiger partial charge in [0.2, 0.25) is 11.0 Å². The Kier molecular flexibility index (Phi) is 2.48. The maximum Gasteiger partial charge on any atom is 0.286 e. The predicted molar refractivity (Wildman–Crippen MR) is 41.3 cm³/mol. The number of carbonyl (C=O) groups is 1. The van der Waals surface area contributed by atoms with E-state index in [0.717, 1.165) is 5.75 Å². The van der Waals surface area contributed by atoms with Gasteiger partial charge in [0.1, 0.15) is 0 Å². The van der Waals surface area contributed by atoms with Crippen molar-refractivity contribution in [1.29, 1.82) is 0 Å². The maximum absolute atomic E-state index is 10.5. The average Bonchev–Trinajstić information content (AvgIpc) is 2.37. The number of rotatable bonds is 3. The van der Waals surface area contributed by atoms with Gasteiger partial charge in [-0.3, -0.25) is 9.89 Å². The number of nitrogens with two attached hydrogens (primary N) is 1. The molecule has 0 fully saturated rings. The largest absolute Gasteiger partial charge is 0.363 e. The normalized spacial score (nSPS) is 9.91. The molecule has 0 aromatic carbocycles. The predicted octanol–water partition coefficient (Wildman–Crippen LogP) is 0.0156. The Balaban J connectivity index is 2.73. The molecule has 0 radical (unpaired) electrons. The van der Waals surface area contributed by atoms with Crippen LogP contribution in [-0.2, 0) is 0 Å². The van der Waals surface area contributed by atoms with Gasteiger partial charge in [0.15, 0.2) is 0 Å². The van der Waals surface area contributed by atoms with Gasteiger partial charge < -0.3 is 5.73 Å². The van der Waals surface area contributed by atoms with E-state index in [-0.39, 0.29) is 5.82 Å². The minimum atomic E-state index is -0.583. The molecule has 1 aromatic heterocycles. The molecule has 0 saturated carbocycles. The molecular formula is C5H8N4OS. The lowest BCUT2D eigenvalue weighted by atomic mass is 10.6. The lowest BCUT2D eigenvalue weighted by Crippen LogP contribution is -2.12. The summed E-state index contributed by atoms with van der Waals surface area (Å²) in [4.78, 5) is 14.3. The van der Waals surface area contributed by atoms with E-state index in [1.165, 1.54) is 11.8 Å². The second kappa shape index (κ2) is 3.38. The van der Waals surface area contributed by atoms with Gasteiger partial charge in [-0.15, -0.1) is 5.10 Å². The SMILES string of the molecule is CCSc1n[nH]c(C(N)=O)n1. The molecule has 0 saturated heterocycles. The Bertz CT molecular complexity index is 259. The van der Waals surface area contributed by atoms with Gasteiger partial charge in [-0.05, 0) is 5.75 Å². The smallest absolute Gasteiger partial charge is 0.286 e. The monoisotopic (exact) mass is 172 g/mol. The van der Waals surface area contributed by atoms with Crippen molar-refractivity contribution in [1.82, 2.24) is 15.2 Å². The second-order valence-corrected chi connectivity index (χ2v) is 3.00. The van der Waals surface area contributed by atoms with Gasteiger partial charge in [-0.25, -0.2) is 0 Å². The summed E-state index contributed by atoms with van der Waals surface area (Å²) in [5.41, 5.74) is 4.94. The summed E-state index contributed by atoms with van der Waals surface area (Å²) in [5.74, 6) is 0.400. The number of H-pyrrole nitrogens is 1. The number of primary amides is 1. The van der Waals surface area contributed by atoms with Crippen LogP contribution in [-0.4, -0.2) is 26.8 Å². The van der Waals surface area contributed by atoms with Gasteiger partial charge >= 0.3 is 0 Å². The first-order valence-electron chi connectivity index (χ1n) is 3.09. The number of nitrogens with one attached hydrogen (secondary N) is 1. The van der Waals surface area contributed by atoms with Crippen LogP contribution in [0.3, 0.4) is 0 Å². The van der Waals surface area contributed by atoms with Crippen LogP contribution in [0.25, 0.3) is 0 Å². The highest BCUT2D eigenvalue weighted by Crippen LogP contribution is 2.10. The highest BCUT2D eigenvalue weighted by molar-refractivity contribution is 7.99. The minimum absolute atomic E-state index is 0.112. The van der Waals surface area contributed by atoms with Crippen molar-refractivity contribution in [3.05, 3.63) is 5.82 Å². The van der Waals surface area contributed by atoms with Crippen LogP contribution in [0.4, 0.5) is 0 Å². The molecule has 5 nitrogen and oxygen atoms in total. The first-order valence-corrected chi connectivity index (χ1v) is 4.07. The molecule has 1 rings (SSSR count). The van der Waals surface area contributed by atoms with Crippen molar-refractivity contribution in [2.45, 2.75) is 12.1 Å². The topological polar surface area (TPSA) is 84.7 Å². The molecule has 0 aliphatic heterocycles. The van der Waals surface area contributed by atoms with Crippen molar-refractivity contribution >= 4 is 17.7 Å². The Morgan fingerprint density at radius 1 is 1.82 bits per heavy atom. The molecule has 3 N–H and O–H groups in total. The third-order valence-electron chi connectivity index (χ3n) is 0.972. The van der Waals surface area contributed by atoms with Crippen molar-refractivity contribution in [2.24, 2.45) is 5.73 Å². The summed E-state index contributed by atoms with van der Waals surface area (Å²) in [7, 11) is 0. The molecule has 0 spiro atoms. The lowest BCUT2D eigenvalue weighted by Gasteiger charge is -1.84. The standard InChI is InChI=1S/C5H8N4OS/c1-2-11-5-7-4(3(6)10)8-9-5/h2H2,1H3,(H2,6,10)(H,7,8,9). The summed E-state index contributed by atoms with van der Waals surface area (Å²) >= 11 is 1.45. The maximum atomic E-state index is 10.5. The highest BCUT2D eigenvalue weighted by atomic mass is 32.2. The van der Waals surface area contributed by atoms with Crippen LogP contribution >= 0.6 is 11.8 Å². The fraction of sp³-hybridized carbons (Fsp3) is 0.400. The molecular weight excluding hydrogens is 164 g/mol. The zero-order valence-electron chi connectivity index (χ0n) is 6.00. The molecule has 1 heterocycles. The van der Waals surface area contributed by atoms with Crippen LogP contribution in [0, 0.1) is 0 Å². The molecule has 1 amide bonds. The number of aromatic nitrogens is 3. The van der Waals surface area contributed by atoms with Gasteiger partial charge in [0.25, 0.3) is 5.91 Å². The number of nitrogens with zero attached hydrogens (tertiary/aromatic N) is 2.